The Morgan fingerprint density at radius 1 is 1.37 bits per heavy atom. The first-order chi connectivity index (χ1) is 9.08. The molecule has 1 amide bonds. The summed E-state index contributed by atoms with van der Waals surface area (Å²) in [6.07, 6.45) is -0.920. The molecule has 3 atom stereocenters. The Morgan fingerprint density at radius 2 is 2.00 bits per heavy atom. The number of aliphatic hydroxyl groups is 1. The third-order valence-corrected chi connectivity index (χ3v) is 2.96. The van der Waals surface area contributed by atoms with Crippen molar-refractivity contribution in [3.05, 3.63) is 24.3 Å². The highest BCUT2D eigenvalue weighted by Crippen LogP contribution is 2.33. The zero-order valence-electron chi connectivity index (χ0n) is 11.1. The third-order valence-electron chi connectivity index (χ3n) is 2.96. The number of fused-ring (bicyclic) bond motifs is 1. The number of carbonyl (C=O) groups excluding carboxylic acids is 1. The minimum absolute atomic E-state index is 0.220. The van der Waals surface area contributed by atoms with Gasteiger partial charge in [0.1, 0.15) is 6.10 Å². The molecule has 104 valence electrons. The summed E-state index contributed by atoms with van der Waals surface area (Å²) < 4.78 is 11.3. The minimum Gasteiger partial charge on any atom is -0.482 e. The first-order valence-electron chi connectivity index (χ1n) is 6.46. The highest BCUT2D eigenvalue weighted by molar-refractivity contribution is 5.82. The molecule has 1 heterocycles. The number of ether oxygens (including phenoxy) is 2. The van der Waals surface area contributed by atoms with E-state index in [0.29, 0.717) is 24.5 Å². The number of carbonyl (C=O) groups is 1. The Morgan fingerprint density at radius 3 is 2.63 bits per heavy atom. The Hall–Kier alpha value is -1.75. The van der Waals surface area contributed by atoms with Crippen molar-refractivity contribution in [2.45, 2.75) is 38.6 Å². The molecule has 1 aromatic carbocycles. The minimum atomic E-state index is -0.663. The van der Waals surface area contributed by atoms with E-state index in [1.165, 1.54) is 0 Å². The maximum Gasteiger partial charge on any atom is 0.265 e. The first-order valence-corrected chi connectivity index (χ1v) is 6.46. The molecule has 19 heavy (non-hydrogen) atoms. The zero-order chi connectivity index (χ0) is 13.8. The van der Waals surface area contributed by atoms with Crippen LogP contribution in [-0.4, -0.2) is 35.9 Å². The van der Waals surface area contributed by atoms with Crippen LogP contribution in [0.2, 0.25) is 0 Å². The van der Waals surface area contributed by atoms with Gasteiger partial charge in [-0.1, -0.05) is 12.1 Å². The fraction of sp³-hybridized carbons (Fsp3) is 0.500. The summed E-state index contributed by atoms with van der Waals surface area (Å²) in [4.78, 5) is 12.0. The fourth-order valence-electron chi connectivity index (χ4n) is 1.91. The normalized spacial score (nSPS) is 22.7. The summed E-state index contributed by atoms with van der Waals surface area (Å²) in [5.74, 6) is 1.02. The van der Waals surface area contributed by atoms with Crippen LogP contribution in [0.3, 0.4) is 0 Å². The summed E-state index contributed by atoms with van der Waals surface area (Å²) in [6, 6.07) is 7.28. The lowest BCUT2D eigenvalue weighted by Crippen LogP contribution is -2.49. The largest absolute Gasteiger partial charge is 0.482 e. The third kappa shape index (κ3) is 3.38. The van der Waals surface area contributed by atoms with Crippen molar-refractivity contribution in [1.82, 2.24) is 5.32 Å². The second-order valence-corrected chi connectivity index (χ2v) is 4.74. The van der Waals surface area contributed by atoms with Crippen LogP contribution in [-0.2, 0) is 4.79 Å². The van der Waals surface area contributed by atoms with Gasteiger partial charge >= 0.3 is 0 Å². The van der Waals surface area contributed by atoms with E-state index in [4.69, 9.17) is 14.6 Å². The number of para-hydroxylation sites is 2. The highest BCUT2D eigenvalue weighted by atomic mass is 16.6. The second kappa shape index (κ2) is 5.93. The number of hydrogen-bond acceptors (Lipinski definition) is 4. The van der Waals surface area contributed by atoms with Gasteiger partial charge in [-0.2, -0.15) is 0 Å². The summed E-state index contributed by atoms with van der Waals surface area (Å²) in [5, 5.41) is 11.9. The average Bonchev–Trinajstić information content (AvgIpc) is 2.37. The van der Waals surface area contributed by atoms with Crippen molar-refractivity contribution >= 4 is 5.91 Å². The van der Waals surface area contributed by atoms with Crippen LogP contribution in [0.5, 0.6) is 11.5 Å². The summed E-state index contributed by atoms with van der Waals surface area (Å²) >= 11 is 0. The van der Waals surface area contributed by atoms with Gasteiger partial charge in [0.15, 0.2) is 11.5 Å². The van der Waals surface area contributed by atoms with Crippen LogP contribution < -0.4 is 14.8 Å². The molecule has 1 aliphatic rings. The molecule has 2 rings (SSSR count). The monoisotopic (exact) mass is 265 g/mol. The molecule has 2 N–H and O–H groups in total. The van der Waals surface area contributed by atoms with Gasteiger partial charge in [-0.05, 0) is 32.4 Å². The van der Waals surface area contributed by atoms with Gasteiger partial charge in [-0.3, -0.25) is 4.79 Å². The van der Waals surface area contributed by atoms with E-state index in [1.54, 1.807) is 19.9 Å². The molecule has 3 unspecified atom stereocenters. The predicted octanol–water partition coefficient (Wildman–Crippen LogP) is 1.10. The summed E-state index contributed by atoms with van der Waals surface area (Å²) in [5.41, 5.74) is 0. The lowest BCUT2D eigenvalue weighted by Gasteiger charge is -2.31. The van der Waals surface area contributed by atoms with Gasteiger partial charge in [0, 0.05) is 6.54 Å². The van der Waals surface area contributed by atoms with Gasteiger partial charge in [-0.15, -0.1) is 0 Å². The van der Waals surface area contributed by atoms with Crippen LogP contribution >= 0.6 is 0 Å². The van der Waals surface area contributed by atoms with E-state index in [-0.39, 0.29) is 12.0 Å². The molecular formula is C14H19NO4. The Balaban J connectivity index is 1.96. The SMILES string of the molecule is CC(O)CCNC(=O)C1Oc2ccccc2OC1C. The molecule has 0 spiro atoms. The number of benzene rings is 1. The van der Waals surface area contributed by atoms with Crippen molar-refractivity contribution in [3.8, 4) is 11.5 Å². The molecule has 0 fully saturated rings. The number of nitrogens with one attached hydrogen (secondary N) is 1. The number of hydrogen-bond donors (Lipinski definition) is 2. The van der Waals surface area contributed by atoms with Gasteiger partial charge in [0.25, 0.3) is 5.91 Å². The summed E-state index contributed by atoms with van der Waals surface area (Å²) in [7, 11) is 0. The summed E-state index contributed by atoms with van der Waals surface area (Å²) in [6.45, 7) is 3.91. The number of rotatable bonds is 4. The number of amides is 1. The first kappa shape index (κ1) is 13.7. The van der Waals surface area contributed by atoms with Gasteiger partial charge < -0.3 is 19.9 Å². The van der Waals surface area contributed by atoms with E-state index >= 15 is 0 Å². The van der Waals surface area contributed by atoms with Crippen molar-refractivity contribution in [2.75, 3.05) is 6.54 Å². The van der Waals surface area contributed by atoms with E-state index in [9.17, 15) is 4.79 Å². The zero-order valence-corrected chi connectivity index (χ0v) is 11.1. The van der Waals surface area contributed by atoms with Crippen LogP contribution in [0.25, 0.3) is 0 Å². The van der Waals surface area contributed by atoms with Crippen LogP contribution in [0.4, 0.5) is 0 Å². The topological polar surface area (TPSA) is 67.8 Å². The lowest BCUT2D eigenvalue weighted by atomic mass is 10.1. The molecule has 0 saturated carbocycles. The van der Waals surface area contributed by atoms with Gasteiger partial charge in [0.2, 0.25) is 6.10 Å². The molecule has 0 aliphatic carbocycles. The predicted molar refractivity (Wildman–Crippen MR) is 70.3 cm³/mol. The Kier molecular flexibility index (Phi) is 4.27. The van der Waals surface area contributed by atoms with Crippen LogP contribution in [0.1, 0.15) is 20.3 Å². The van der Waals surface area contributed by atoms with Gasteiger partial charge in [0.05, 0.1) is 6.10 Å². The molecule has 0 radical (unpaired) electrons. The molecular weight excluding hydrogens is 246 g/mol. The van der Waals surface area contributed by atoms with Gasteiger partial charge in [-0.25, -0.2) is 0 Å². The van der Waals surface area contributed by atoms with Crippen LogP contribution in [0, 0.1) is 0 Å². The molecule has 0 saturated heterocycles. The van der Waals surface area contributed by atoms with E-state index < -0.39 is 12.2 Å². The van der Waals surface area contributed by atoms with Crippen molar-refractivity contribution in [1.29, 1.82) is 0 Å². The molecule has 5 heteroatoms. The lowest BCUT2D eigenvalue weighted by molar-refractivity contribution is -0.133. The Bertz CT molecular complexity index is 447. The molecule has 0 aromatic heterocycles. The van der Waals surface area contributed by atoms with Crippen molar-refractivity contribution < 1.29 is 19.4 Å². The maximum absolute atomic E-state index is 12.0. The smallest absolute Gasteiger partial charge is 0.265 e. The fourth-order valence-corrected chi connectivity index (χ4v) is 1.91. The van der Waals surface area contributed by atoms with E-state index in [1.807, 2.05) is 18.2 Å². The van der Waals surface area contributed by atoms with Crippen molar-refractivity contribution in [3.63, 3.8) is 0 Å². The molecule has 1 aliphatic heterocycles. The maximum atomic E-state index is 12.0. The standard InChI is InChI=1S/C14H19NO4/c1-9(16)7-8-15-14(17)13-10(2)18-11-5-3-4-6-12(11)19-13/h3-6,9-10,13,16H,7-8H2,1-2H3,(H,15,17). The highest BCUT2D eigenvalue weighted by Gasteiger charge is 2.33. The molecule has 0 bridgehead atoms. The van der Waals surface area contributed by atoms with E-state index in [0.717, 1.165) is 0 Å². The molecule has 5 nitrogen and oxygen atoms in total. The van der Waals surface area contributed by atoms with E-state index in [2.05, 4.69) is 5.32 Å². The quantitative estimate of drug-likeness (QED) is 0.855. The second-order valence-electron chi connectivity index (χ2n) is 4.74. The Labute approximate surface area is 112 Å². The van der Waals surface area contributed by atoms with Crippen LogP contribution in [0.15, 0.2) is 24.3 Å². The number of aliphatic hydroxyl groups excluding tert-OH is 1. The van der Waals surface area contributed by atoms with Crippen molar-refractivity contribution in [2.24, 2.45) is 0 Å². The average molecular weight is 265 g/mol. The molecule has 1 aromatic rings.